The second-order valence-electron chi connectivity index (χ2n) is 5.18. The van der Waals surface area contributed by atoms with E-state index < -0.39 is 5.60 Å². The Hall–Kier alpha value is -1.91. The van der Waals surface area contributed by atoms with Crippen LogP contribution in [0.2, 0.25) is 0 Å². The second kappa shape index (κ2) is 6.87. The van der Waals surface area contributed by atoms with Crippen LogP contribution >= 0.6 is 0 Å². The lowest BCUT2D eigenvalue weighted by atomic mass is 10.2. The van der Waals surface area contributed by atoms with Crippen molar-refractivity contribution in [1.29, 1.82) is 0 Å². The number of amides is 1. The fourth-order valence-corrected chi connectivity index (χ4v) is 1.39. The van der Waals surface area contributed by atoms with E-state index in [2.05, 4.69) is 10.3 Å². The summed E-state index contributed by atoms with van der Waals surface area (Å²) in [6.45, 7) is 5.76. The number of rotatable bonds is 5. The van der Waals surface area contributed by atoms with E-state index in [4.69, 9.17) is 4.74 Å². The summed E-state index contributed by atoms with van der Waals surface area (Å²) in [5.74, 6) is -0.544. The third-order valence-electron chi connectivity index (χ3n) is 2.17. The molecule has 0 aliphatic carbocycles. The quantitative estimate of drug-likeness (QED) is 0.824. The van der Waals surface area contributed by atoms with Crippen LogP contribution in [0, 0.1) is 0 Å². The zero-order valence-electron chi connectivity index (χ0n) is 11.6. The largest absolute Gasteiger partial charge is 0.460 e. The maximum atomic E-state index is 11.5. The molecule has 0 saturated carbocycles. The SMILES string of the molecule is CC(C)(C)OC(=O)CCC(=O)NCc1ccccn1. The number of hydrogen-bond acceptors (Lipinski definition) is 4. The van der Waals surface area contributed by atoms with Gasteiger partial charge >= 0.3 is 5.97 Å². The molecule has 0 atom stereocenters. The molecule has 19 heavy (non-hydrogen) atoms. The van der Waals surface area contributed by atoms with Gasteiger partial charge in [0.05, 0.1) is 18.7 Å². The van der Waals surface area contributed by atoms with Gasteiger partial charge in [-0.25, -0.2) is 0 Å². The predicted molar refractivity (Wildman–Crippen MR) is 71.2 cm³/mol. The van der Waals surface area contributed by atoms with Crippen LogP contribution in [0.25, 0.3) is 0 Å². The molecule has 0 unspecified atom stereocenters. The normalized spacial score (nSPS) is 10.9. The number of aromatic nitrogens is 1. The molecular weight excluding hydrogens is 244 g/mol. The van der Waals surface area contributed by atoms with Crippen LogP contribution in [0.1, 0.15) is 39.3 Å². The molecule has 0 aromatic carbocycles. The van der Waals surface area contributed by atoms with E-state index in [-0.39, 0.29) is 24.7 Å². The lowest BCUT2D eigenvalue weighted by Crippen LogP contribution is -2.27. The van der Waals surface area contributed by atoms with Crippen molar-refractivity contribution in [1.82, 2.24) is 10.3 Å². The molecule has 0 saturated heterocycles. The smallest absolute Gasteiger partial charge is 0.306 e. The van der Waals surface area contributed by atoms with Crippen LogP contribution in [0.4, 0.5) is 0 Å². The highest BCUT2D eigenvalue weighted by Crippen LogP contribution is 2.09. The van der Waals surface area contributed by atoms with Gasteiger partial charge in [-0.15, -0.1) is 0 Å². The molecule has 1 aromatic rings. The maximum Gasteiger partial charge on any atom is 0.306 e. The summed E-state index contributed by atoms with van der Waals surface area (Å²) in [6.07, 6.45) is 1.88. The van der Waals surface area contributed by atoms with Crippen LogP contribution in [-0.2, 0) is 20.9 Å². The molecular formula is C14H20N2O3. The molecule has 1 rings (SSSR count). The fourth-order valence-electron chi connectivity index (χ4n) is 1.39. The van der Waals surface area contributed by atoms with E-state index in [1.165, 1.54) is 0 Å². The number of nitrogens with zero attached hydrogens (tertiary/aromatic N) is 1. The molecule has 1 heterocycles. The molecule has 0 spiro atoms. The van der Waals surface area contributed by atoms with Crippen molar-refractivity contribution >= 4 is 11.9 Å². The number of ether oxygens (including phenoxy) is 1. The molecule has 1 N–H and O–H groups in total. The number of pyridine rings is 1. The molecule has 0 aliphatic heterocycles. The fraction of sp³-hybridized carbons (Fsp3) is 0.500. The monoisotopic (exact) mass is 264 g/mol. The number of nitrogens with one attached hydrogen (secondary N) is 1. The van der Waals surface area contributed by atoms with Gasteiger partial charge in [0, 0.05) is 12.6 Å². The highest BCUT2D eigenvalue weighted by Gasteiger charge is 2.16. The second-order valence-corrected chi connectivity index (χ2v) is 5.18. The summed E-state index contributed by atoms with van der Waals surface area (Å²) < 4.78 is 5.12. The first-order chi connectivity index (χ1) is 8.87. The van der Waals surface area contributed by atoms with E-state index in [0.717, 1.165) is 5.69 Å². The minimum Gasteiger partial charge on any atom is -0.460 e. The topological polar surface area (TPSA) is 68.3 Å². The number of hydrogen-bond donors (Lipinski definition) is 1. The average Bonchev–Trinajstić information content (AvgIpc) is 2.33. The van der Waals surface area contributed by atoms with Crippen LogP contribution in [0.15, 0.2) is 24.4 Å². The van der Waals surface area contributed by atoms with E-state index in [0.29, 0.717) is 6.54 Å². The Kier molecular flexibility index (Phi) is 5.48. The molecule has 5 nitrogen and oxygen atoms in total. The molecule has 0 radical (unpaired) electrons. The lowest BCUT2D eigenvalue weighted by molar-refractivity contribution is -0.155. The van der Waals surface area contributed by atoms with Crippen molar-refractivity contribution in [3.05, 3.63) is 30.1 Å². The van der Waals surface area contributed by atoms with E-state index in [1.54, 1.807) is 27.0 Å². The van der Waals surface area contributed by atoms with Gasteiger partial charge in [0.2, 0.25) is 5.91 Å². The van der Waals surface area contributed by atoms with Crippen molar-refractivity contribution < 1.29 is 14.3 Å². The van der Waals surface area contributed by atoms with Crippen molar-refractivity contribution in [3.8, 4) is 0 Å². The summed E-state index contributed by atoms with van der Waals surface area (Å²) in [4.78, 5) is 27.1. The molecule has 0 bridgehead atoms. The summed E-state index contributed by atoms with van der Waals surface area (Å²) in [5.41, 5.74) is 0.273. The van der Waals surface area contributed by atoms with E-state index >= 15 is 0 Å². The van der Waals surface area contributed by atoms with Crippen LogP contribution < -0.4 is 5.32 Å². The summed E-state index contributed by atoms with van der Waals surface area (Å²) in [7, 11) is 0. The first-order valence-corrected chi connectivity index (χ1v) is 6.25. The van der Waals surface area contributed by atoms with E-state index in [9.17, 15) is 9.59 Å². The Labute approximate surface area is 113 Å². The molecule has 5 heteroatoms. The predicted octanol–water partition coefficient (Wildman–Crippen LogP) is 1.82. The molecule has 104 valence electrons. The lowest BCUT2D eigenvalue weighted by Gasteiger charge is -2.19. The number of carbonyl (C=O) groups excluding carboxylic acids is 2. The molecule has 1 aromatic heterocycles. The molecule has 0 fully saturated rings. The first-order valence-electron chi connectivity index (χ1n) is 6.25. The van der Waals surface area contributed by atoms with Gasteiger partial charge in [-0.1, -0.05) is 6.07 Å². The average molecular weight is 264 g/mol. The van der Waals surface area contributed by atoms with Gasteiger partial charge in [-0.3, -0.25) is 14.6 Å². The zero-order valence-corrected chi connectivity index (χ0v) is 11.6. The highest BCUT2D eigenvalue weighted by atomic mass is 16.6. The maximum absolute atomic E-state index is 11.5. The minimum absolute atomic E-state index is 0.0886. The van der Waals surface area contributed by atoms with Gasteiger partial charge in [-0.2, -0.15) is 0 Å². The summed E-state index contributed by atoms with van der Waals surface area (Å²) >= 11 is 0. The van der Waals surface area contributed by atoms with E-state index in [1.807, 2.05) is 18.2 Å². The first kappa shape index (κ1) is 15.1. The Morgan fingerprint density at radius 2 is 2.00 bits per heavy atom. The van der Waals surface area contributed by atoms with Crippen molar-refractivity contribution in [2.24, 2.45) is 0 Å². The summed E-state index contributed by atoms with van der Waals surface area (Å²) in [6, 6.07) is 5.50. The summed E-state index contributed by atoms with van der Waals surface area (Å²) in [5, 5.41) is 2.71. The third-order valence-corrected chi connectivity index (χ3v) is 2.17. The van der Waals surface area contributed by atoms with Crippen molar-refractivity contribution in [3.63, 3.8) is 0 Å². The standard InChI is InChI=1S/C14H20N2O3/c1-14(2,3)19-13(18)8-7-12(17)16-10-11-6-4-5-9-15-11/h4-6,9H,7-8,10H2,1-3H3,(H,16,17). The van der Waals surface area contributed by atoms with Gasteiger partial charge in [0.1, 0.15) is 5.60 Å². The van der Waals surface area contributed by atoms with Crippen LogP contribution in [0.5, 0.6) is 0 Å². The Bertz CT molecular complexity index is 424. The Morgan fingerprint density at radius 1 is 1.26 bits per heavy atom. The van der Waals surface area contributed by atoms with Crippen molar-refractivity contribution in [2.45, 2.75) is 45.8 Å². The van der Waals surface area contributed by atoms with Gasteiger partial charge < -0.3 is 10.1 Å². The highest BCUT2D eigenvalue weighted by molar-refractivity contribution is 5.81. The Balaban J connectivity index is 2.23. The number of esters is 1. The van der Waals surface area contributed by atoms with Crippen LogP contribution in [0.3, 0.4) is 0 Å². The minimum atomic E-state index is -0.512. The third kappa shape index (κ3) is 7.18. The van der Waals surface area contributed by atoms with Gasteiger partial charge in [0.25, 0.3) is 0 Å². The van der Waals surface area contributed by atoms with Crippen molar-refractivity contribution in [2.75, 3.05) is 0 Å². The Morgan fingerprint density at radius 3 is 2.58 bits per heavy atom. The number of carbonyl (C=O) groups is 2. The molecule has 0 aliphatic rings. The van der Waals surface area contributed by atoms with Crippen LogP contribution in [-0.4, -0.2) is 22.5 Å². The van der Waals surface area contributed by atoms with Gasteiger partial charge in [-0.05, 0) is 32.9 Å². The molecule has 1 amide bonds. The zero-order chi connectivity index (χ0) is 14.3. The van der Waals surface area contributed by atoms with Gasteiger partial charge in [0.15, 0.2) is 0 Å².